The number of amides is 1. The quantitative estimate of drug-likeness (QED) is 0.757. The smallest absolute Gasteiger partial charge is 0.220 e. The van der Waals surface area contributed by atoms with Crippen molar-refractivity contribution < 1.29 is 4.79 Å². The van der Waals surface area contributed by atoms with Crippen molar-refractivity contribution in [3.05, 3.63) is 66.5 Å². The minimum Gasteiger partial charge on any atom is -0.350 e. The van der Waals surface area contributed by atoms with E-state index in [1.165, 1.54) is 0 Å². The molecule has 0 saturated carbocycles. The van der Waals surface area contributed by atoms with Crippen LogP contribution in [0.3, 0.4) is 0 Å². The molecule has 1 atom stereocenters. The van der Waals surface area contributed by atoms with E-state index in [2.05, 4.69) is 21.5 Å². The van der Waals surface area contributed by atoms with Crippen molar-refractivity contribution in [1.29, 1.82) is 0 Å². The van der Waals surface area contributed by atoms with Crippen LogP contribution in [-0.4, -0.2) is 25.2 Å². The minimum absolute atomic E-state index is 0.0411. The van der Waals surface area contributed by atoms with Gasteiger partial charge in [0.05, 0.1) is 18.6 Å². The third kappa shape index (κ3) is 3.90. The van der Waals surface area contributed by atoms with Crippen molar-refractivity contribution in [2.75, 3.05) is 0 Å². The first-order valence-corrected chi connectivity index (χ1v) is 7.97. The van der Waals surface area contributed by atoms with Gasteiger partial charge in [0.25, 0.3) is 0 Å². The number of carbonyl (C=O) groups is 1. The molecule has 1 amide bonds. The summed E-state index contributed by atoms with van der Waals surface area (Å²) in [4.78, 5) is 16.2. The fourth-order valence-electron chi connectivity index (χ4n) is 2.62. The molecule has 2 aromatic heterocycles. The number of aryl methyl sites for hydroxylation is 2. The molecule has 0 aliphatic rings. The molecule has 0 fully saturated rings. The van der Waals surface area contributed by atoms with Crippen LogP contribution in [-0.2, 0) is 18.3 Å². The summed E-state index contributed by atoms with van der Waals surface area (Å²) < 4.78 is 3.69. The summed E-state index contributed by atoms with van der Waals surface area (Å²) in [5.74, 6) is 0.0411. The Morgan fingerprint density at radius 3 is 2.96 bits per heavy atom. The Morgan fingerprint density at radius 1 is 1.38 bits per heavy atom. The topological polar surface area (TPSA) is 64.7 Å². The van der Waals surface area contributed by atoms with Gasteiger partial charge in [-0.05, 0) is 36.6 Å². The second kappa shape index (κ2) is 7.12. The van der Waals surface area contributed by atoms with E-state index in [0.717, 1.165) is 16.8 Å². The van der Waals surface area contributed by atoms with Gasteiger partial charge in [0.2, 0.25) is 5.91 Å². The molecule has 3 aromatic rings. The Hall–Kier alpha value is -2.89. The van der Waals surface area contributed by atoms with Gasteiger partial charge in [-0.1, -0.05) is 12.1 Å². The van der Waals surface area contributed by atoms with Crippen LogP contribution in [0.2, 0.25) is 0 Å². The number of hydrogen-bond donors (Lipinski definition) is 1. The monoisotopic (exact) mass is 323 g/mol. The molecule has 0 aliphatic heterocycles. The van der Waals surface area contributed by atoms with Crippen molar-refractivity contribution in [3.8, 4) is 5.69 Å². The number of benzene rings is 1. The normalized spacial score (nSPS) is 12.1. The molecule has 6 nitrogen and oxygen atoms in total. The van der Waals surface area contributed by atoms with Crippen molar-refractivity contribution in [1.82, 2.24) is 24.6 Å². The average Bonchev–Trinajstić information content (AvgIpc) is 3.24. The first kappa shape index (κ1) is 16.0. The summed E-state index contributed by atoms with van der Waals surface area (Å²) in [6.07, 6.45) is 10.3. The fourth-order valence-corrected chi connectivity index (χ4v) is 2.62. The number of aromatic nitrogens is 4. The van der Waals surface area contributed by atoms with E-state index >= 15 is 0 Å². The standard InChI is InChI=1S/C18H21N5O/c1-14(21-18(24)7-6-15-11-20-22(2)12-15)16-4-3-5-17(10-16)23-9-8-19-13-23/h3-5,8-14H,6-7H2,1-2H3,(H,21,24)/t14-/m0/s1. The van der Waals surface area contributed by atoms with Crippen LogP contribution in [0, 0.1) is 0 Å². The van der Waals surface area contributed by atoms with E-state index in [1.807, 2.05) is 49.1 Å². The van der Waals surface area contributed by atoms with Gasteiger partial charge in [0.1, 0.15) is 0 Å². The van der Waals surface area contributed by atoms with Gasteiger partial charge in [-0.15, -0.1) is 0 Å². The van der Waals surface area contributed by atoms with Crippen LogP contribution in [0.4, 0.5) is 0 Å². The average molecular weight is 323 g/mol. The highest BCUT2D eigenvalue weighted by molar-refractivity contribution is 5.76. The second-order valence-electron chi connectivity index (χ2n) is 5.88. The van der Waals surface area contributed by atoms with Crippen LogP contribution in [0.15, 0.2) is 55.4 Å². The van der Waals surface area contributed by atoms with Crippen LogP contribution in [0.25, 0.3) is 5.69 Å². The van der Waals surface area contributed by atoms with Gasteiger partial charge < -0.3 is 9.88 Å². The Morgan fingerprint density at radius 2 is 2.25 bits per heavy atom. The van der Waals surface area contributed by atoms with Crippen molar-refractivity contribution in [2.24, 2.45) is 7.05 Å². The van der Waals surface area contributed by atoms with Gasteiger partial charge in [0, 0.05) is 37.7 Å². The Balaban J connectivity index is 1.59. The van der Waals surface area contributed by atoms with E-state index in [4.69, 9.17) is 0 Å². The molecule has 0 unspecified atom stereocenters. The first-order chi connectivity index (χ1) is 11.6. The van der Waals surface area contributed by atoms with E-state index in [9.17, 15) is 4.79 Å². The molecule has 0 spiro atoms. The van der Waals surface area contributed by atoms with Crippen LogP contribution in [0.1, 0.15) is 30.5 Å². The summed E-state index contributed by atoms with van der Waals surface area (Å²) >= 11 is 0. The first-order valence-electron chi connectivity index (χ1n) is 7.97. The van der Waals surface area contributed by atoms with Gasteiger partial charge >= 0.3 is 0 Å². The number of hydrogen-bond acceptors (Lipinski definition) is 3. The third-order valence-corrected chi connectivity index (χ3v) is 3.95. The Labute approximate surface area is 141 Å². The maximum atomic E-state index is 12.2. The molecule has 0 aliphatic carbocycles. The summed E-state index contributed by atoms with van der Waals surface area (Å²) in [7, 11) is 1.87. The lowest BCUT2D eigenvalue weighted by atomic mass is 10.1. The van der Waals surface area contributed by atoms with Crippen molar-refractivity contribution in [2.45, 2.75) is 25.8 Å². The lowest BCUT2D eigenvalue weighted by Crippen LogP contribution is -2.26. The molecule has 1 N–H and O–H groups in total. The molecular weight excluding hydrogens is 302 g/mol. The number of nitrogens with one attached hydrogen (secondary N) is 1. The molecule has 0 radical (unpaired) electrons. The summed E-state index contributed by atoms with van der Waals surface area (Å²) in [5.41, 5.74) is 3.17. The molecule has 2 heterocycles. The molecule has 1 aromatic carbocycles. The van der Waals surface area contributed by atoms with Crippen LogP contribution >= 0.6 is 0 Å². The summed E-state index contributed by atoms with van der Waals surface area (Å²) in [6, 6.07) is 8.04. The predicted molar refractivity (Wildman–Crippen MR) is 91.7 cm³/mol. The molecule has 124 valence electrons. The minimum atomic E-state index is -0.0464. The zero-order valence-electron chi connectivity index (χ0n) is 13.9. The number of imidazole rings is 1. The van der Waals surface area contributed by atoms with Crippen molar-refractivity contribution >= 4 is 5.91 Å². The molecule has 6 heteroatoms. The molecule has 3 rings (SSSR count). The second-order valence-corrected chi connectivity index (χ2v) is 5.88. The summed E-state index contributed by atoms with van der Waals surface area (Å²) in [5, 5.41) is 7.17. The van der Waals surface area contributed by atoms with Gasteiger partial charge in [-0.3, -0.25) is 9.48 Å². The SMILES string of the molecule is C[C@H](NC(=O)CCc1cnn(C)c1)c1cccc(-n2ccnc2)c1. The maximum Gasteiger partial charge on any atom is 0.220 e. The highest BCUT2D eigenvalue weighted by Gasteiger charge is 2.11. The lowest BCUT2D eigenvalue weighted by Gasteiger charge is -2.15. The van der Waals surface area contributed by atoms with Gasteiger partial charge in [-0.2, -0.15) is 5.10 Å². The molecule has 24 heavy (non-hydrogen) atoms. The number of nitrogens with zero attached hydrogens (tertiary/aromatic N) is 4. The van der Waals surface area contributed by atoms with E-state index < -0.39 is 0 Å². The van der Waals surface area contributed by atoms with E-state index in [0.29, 0.717) is 12.8 Å². The number of carbonyl (C=O) groups excluding carboxylic acids is 1. The Bertz CT molecular complexity index is 806. The summed E-state index contributed by atoms with van der Waals surface area (Å²) in [6.45, 7) is 2.00. The third-order valence-electron chi connectivity index (χ3n) is 3.95. The fraction of sp³-hybridized carbons (Fsp3) is 0.278. The zero-order chi connectivity index (χ0) is 16.9. The molecule has 0 bridgehead atoms. The molecule has 0 saturated heterocycles. The van der Waals surface area contributed by atoms with Crippen LogP contribution < -0.4 is 5.32 Å². The van der Waals surface area contributed by atoms with Gasteiger partial charge in [0.15, 0.2) is 0 Å². The maximum absolute atomic E-state index is 12.2. The van der Waals surface area contributed by atoms with E-state index in [-0.39, 0.29) is 11.9 Å². The highest BCUT2D eigenvalue weighted by atomic mass is 16.1. The van der Waals surface area contributed by atoms with Crippen molar-refractivity contribution in [3.63, 3.8) is 0 Å². The lowest BCUT2D eigenvalue weighted by molar-refractivity contribution is -0.121. The Kier molecular flexibility index (Phi) is 4.74. The highest BCUT2D eigenvalue weighted by Crippen LogP contribution is 2.17. The van der Waals surface area contributed by atoms with Crippen LogP contribution in [0.5, 0.6) is 0 Å². The molecular formula is C18H21N5O. The largest absolute Gasteiger partial charge is 0.350 e. The number of rotatable bonds is 6. The van der Waals surface area contributed by atoms with E-state index in [1.54, 1.807) is 23.4 Å². The predicted octanol–water partition coefficient (Wildman–Crippen LogP) is 2.42. The zero-order valence-corrected chi connectivity index (χ0v) is 13.9. The van der Waals surface area contributed by atoms with Gasteiger partial charge in [-0.25, -0.2) is 4.98 Å².